The van der Waals surface area contributed by atoms with Crippen molar-refractivity contribution in [3.05, 3.63) is 65.6 Å². The second-order valence-corrected chi connectivity index (χ2v) is 12.3. The summed E-state index contributed by atoms with van der Waals surface area (Å²) in [5, 5.41) is 10.6. The molecule has 1 N–H and O–H groups in total. The van der Waals surface area contributed by atoms with Crippen LogP contribution in [0.3, 0.4) is 0 Å². The molecule has 0 radical (unpaired) electrons. The highest BCUT2D eigenvalue weighted by Crippen LogP contribution is 2.35. The molecule has 10 nitrogen and oxygen atoms in total. The molecule has 1 aliphatic rings. The molecule has 1 saturated heterocycles. The minimum absolute atomic E-state index is 0.00363. The first-order valence-electron chi connectivity index (χ1n) is 13.4. The van der Waals surface area contributed by atoms with E-state index in [2.05, 4.69) is 9.97 Å². The predicted octanol–water partition coefficient (Wildman–Crippen LogP) is 4.78. The fourth-order valence-electron chi connectivity index (χ4n) is 4.51. The topological polar surface area (TPSA) is 120 Å². The number of sulfonamides is 1. The number of aromatic nitrogens is 2. The highest BCUT2D eigenvalue weighted by atomic mass is 32.2. The maximum atomic E-state index is 13.8. The van der Waals surface area contributed by atoms with E-state index in [1.165, 1.54) is 26.3 Å². The zero-order chi connectivity index (χ0) is 30.6. The summed E-state index contributed by atoms with van der Waals surface area (Å²) < 4.78 is 62.3. The van der Waals surface area contributed by atoms with E-state index in [4.69, 9.17) is 18.9 Å². The molecule has 2 aromatic carbocycles. The lowest BCUT2D eigenvalue weighted by molar-refractivity contribution is -0.161. The van der Waals surface area contributed by atoms with Crippen molar-refractivity contribution in [3.8, 4) is 28.5 Å². The van der Waals surface area contributed by atoms with Crippen molar-refractivity contribution in [1.82, 2.24) is 9.97 Å². The highest BCUT2D eigenvalue weighted by molar-refractivity contribution is 7.92. The van der Waals surface area contributed by atoms with E-state index >= 15 is 0 Å². The predicted molar refractivity (Wildman–Crippen MR) is 158 cm³/mol. The summed E-state index contributed by atoms with van der Waals surface area (Å²) >= 11 is 0. The van der Waals surface area contributed by atoms with Gasteiger partial charge in [-0.15, -0.1) is 0 Å². The zero-order valence-corrected chi connectivity index (χ0v) is 25.3. The van der Waals surface area contributed by atoms with Gasteiger partial charge in [0.15, 0.2) is 11.5 Å². The second-order valence-electron chi connectivity index (χ2n) is 10.3. The Morgan fingerprint density at radius 2 is 1.79 bits per heavy atom. The summed E-state index contributed by atoms with van der Waals surface area (Å²) in [5.74, 6) is 0.996. The molecule has 0 bridgehead atoms. The maximum absolute atomic E-state index is 13.8. The van der Waals surface area contributed by atoms with Crippen molar-refractivity contribution in [2.75, 3.05) is 31.8 Å². The summed E-state index contributed by atoms with van der Waals surface area (Å²) in [6.07, 6.45) is 3.28. The van der Waals surface area contributed by atoms with Gasteiger partial charge < -0.3 is 24.1 Å². The van der Waals surface area contributed by atoms with E-state index in [0.29, 0.717) is 46.2 Å². The number of aliphatic hydroxyl groups excluding tert-OH is 1. The van der Waals surface area contributed by atoms with E-state index in [0.717, 1.165) is 10.6 Å². The number of halogens is 1. The first-order chi connectivity index (χ1) is 19.9. The molecule has 0 saturated carbocycles. The minimum Gasteiger partial charge on any atom is -0.497 e. The molecule has 0 amide bonds. The Morgan fingerprint density at radius 1 is 1.07 bits per heavy atom. The van der Waals surface area contributed by atoms with Crippen LogP contribution in [-0.2, 0) is 14.8 Å². The number of hydrogen-bond acceptors (Lipinski definition) is 9. The number of hydrogen-bond donors (Lipinski definition) is 1. The SMILES string of the molecule is COc1ccc(OC2C[C@@H](O)C[C@H](/C=C/c3c(-c4ccc(F)cc4)nc(N(C)S(C)(=O)=O)nc3C(C)C)O2)c(OC)c1. The van der Waals surface area contributed by atoms with Crippen LogP contribution in [0.25, 0.3) is 17.3 Å². The molecule has 3 atom stereocenters. The van der Waals surface area contributed by atoms with Crippen LogP contribution in [0.4, 0.5) is 10.3 Å². The van der Waals surface area contributed by atoms with Crippen LogP contribution < -0.4 is 18.5 Å². The summed E-state index contributed by atoms with van der Waals surface area (Å²) in [7, 11) is 0.823. The molecule has 1 aliphatic heterocycles. The van der Waals surface area contributed by atoms with E-state index in [1.807, 2.05) is 13.8 Å². The Bertz CT molecular complexity index is 1530. The maximum Gasteiger partial charge on any atom is 0.239 e. The van der Waals surface area contributed by atoms with E-state index in [1.54, 1.807) is 49.6 Å². The standard InChI is InChI=1S/C30H36FN3O7S/c1-18(2)28-24(29(19-7-9-20(31)10-8-19)33-30(32-28)34(3)42(6,36)37)13-11-23-15-21(35)16-27(40-23)41-25-14-12-22(38-4)17-26(25)39-5/h7-14,17-18,21,23,27,35H,15-16H2,1-6H3/b13-11+/t21-,23-,27?/m0/s1. The molecule has 1 fully saturated rings. The number of ether oxygens (including phenoxy) is 4. The summed E-state index contributed by atoms with van der Waals surface area (Å²) in [4.78, 5) is 9.18. The van der Waals surface area contributed by atoms with Crippen molar-refractivity contribution >= 4 is 22.0 Å². The van der Waals surface area contributed by atoms with E-state index in [-0.39, 0.29) is 18.3 Å². The van der Waals surface area contributed by atoms with Crippen molar-refractivity contribution in [3.63, 3.8) is 0 Å². The lowest BCUT2D eigenvalue weighted by atomic mass is 9.97. The number of aliphatic hydroxyl groups is 1. The highest BCUT2D eigenvalue weighted by Gasteiger charge is 2.30. The Morgan fingerprint density at radius 3 is 2.40 bits per heavy atom. The molecule has 42 heavy (non-hydrogen) atoms. The van der Waals surface area contributed by atoms with Crippen LogP contribution in [-0.4, -0.2) is 69.5 Å². The molecular weight excluding hydrogens is 565 g/mol. The molecule has 3 aromatic rings. The summed E-state index contributed by atoms with van der Waals surface area (Å²) in [5.41, 5.74) is 2.24. The van der Waals surface area contributed by atoms with Crippen LogP contribution >= 0.6 is 0 Å². The van der Waals surface area contributed by atoms with Gasteiger partial charge in [0.1, 0.15) is 11.6 Å². The van der Waals surface area contributed by atoms with Gasteiger partial charge >= 0.3 is 0 Å². The van der Waals surface area contributed by atoms with Crippen LogP contribution in [0.5, 0.6) is 17.2 Å². The molecule has 4 rings (SSSR count). The molecule has 0 aliphatic carbocycles. The molecule has 1 aromatic heterocycles. The van der Waals surface area contributed by atoms with Gasteiger partial charge in [-0.3, -0.25) is 0 Å². The van der Waals surface area contributed by atoms with Crippen LogP contribution in [0, 0.1) is 5.82 Å². The molecular formula is C30H36FN3O7S. The first-order valence-corrected chi connectivity index (χ1v) is 15.3. The monoisotopic (exact) mass is 601 g/mol. The number of anilines is 1. The van der Waals surface area contributed by atoms with Gasteiger partial charge in [-0.25, -0.2) is 27.1 Å². The number of benzene rings is 2. The van der Waals surface area contributed by atoms with Crippen LogP contribution in [0.2, 0.25) is 0 Å². The van der Waals surface area contributed by atoms with Gasteiger partial charge in [-0.05, 0) is 42.3 Å². The van der Waals surface area contributed by atoms with Crippen LogP contribution in [0.1, 0.15) is 43.9 Å². The van der Waals surface area contributed by atoms with Crippen molar-refractivity contribution in [2.24, 2.45) is 0 Å². The lowest BCUT2D eigenvalue weighted by Crippen LogP contribution is -2.38. The van der Waals surface area contributed by atoms with E-state index < -0.39 is 34.3 Å². The average Bonchev–Trinajstić information content (AvgIpc) is 2.95. The van der Waals surface area contributed by atoms with Gasteiger partial charge in [-0.2, -0.15) is 0 Å². The quantitative estimate of drug-likeness (QED) is 0.350. The largest absolute Gasteiger partial charge is 0.497 e. The first kappa shape index (κ1) is 31.2. The Labute approximate surface area is 245 Å². The van der Waals surface area contributed by atoms with E-state index in [9.17, 15) is 17.9 Å². The minimum atomic E-state index is -3.64. The zero-order valence-electron chi connectivity index (χ0n) is 24.4. The fourth-order valence-corrected chi connectivity index (χ4v) is 4.88. The fraction of sp³-hybridized carbons (Fsp3) is 0.400. The van der Waals surface area contributed by atoms with Crippen molar-refractivity contribution in [2.45, 2.75) is 51.1 Å². The summed E-state index contributed by atoms with van der Waals surface area (Å²) in [6, 6.07) is 10.9. The number of methoxy groups -OCH3 is 2. The molecule has 2 heterocycles. The Balaban J connectivity index is 1.70. The third kappa shape index (κ3) is 7.36. The summed E-state index contributed by atoms with van der Waals surface area (Å²) in [6.45, 7) is 3.87. The van der Waals surface area contributed by atoms with Crippen LogP contribution in [0.15, 0.2) is 48.5 Å². The number of nitrogens with zero attached hydrogens (tertiary/aromatic N) is 3. The van der Waals surface area contributed by atoms with Gasteiger partial charge in [0.05, 0.1) is 44.1 Å². The van der Waals surface area contributed by atoms with Crippen molar-refractivity contribution in [1.29, 1.82) is 0 Å². The lowest BCUT2D eigenvalue weighted by Gasteiger charge is -2.32. The third-order valence-corrected chi connectivity index (χ3v) is 7.97. The second kappa shape index (κ2) is 13.1. The number of rotatable bonds is 10. The smallest absolute Gasteiger partial charge is 0.239 e. The third-order valence-electron chi connectivity index (χ3n) is 6.81. The molecule has 12 heteroatoms. The van der Waals surface area contributed by atoms with Gasteiger partial charge in [0.2, 0.25) is 22.3 Å². The average molecular weight is 602 g/mol. The van der Waals surface area contributed by atoms with Gasteiger partial charge in [0, 0.05) is 37.1 Å². The Hall–Kier alpha value is -3.74. The van der Waals surface area contributed by atoms with Gasteiger partial charge in [-0.1, -0.05) is 26.0 Å². The van der Waals surface area contributed by atoms with Gasteiger partial charge in [0.25, 0.3) is 0 Å². The Kier molecular flexibility index (Phi) is 9.70. The van der Waals surface area contributed by atoms with Crippen molar-refractivity contribution < 1.29 is 36.9 Å². The molecule has 1 unspecified atom stereocenters. The molecule has 226 valence electrons. The normalized spacial score (nSPS) is 19.2. The molecule has 0 spiro atoms.